The van der Waals surface area contributed by atoms with Crippen molar-refractivity contribution in [1.82, 2.24) is 9.97 Å². The van der Waals surface area contributed by atoms with Crippen molar-refractivity contribution in [3.63, 3.8) is 0 Å². The third kappa shape index (κ3) is 8.12. The van der Waals surface area contributed by atoms with E-state index in [-0.39, 0.29) is 47.9 Å². The molecule has 4 nitrogen and oxygen atoms in total. The van der Waals surface area contributed by atoms with Gasteiger partial charge in [0.1, 0.15) is 16.9 Å². The Morgan fingerprint density at radius 2 is 1.50 bits per heavy atom. The van der Waals surface area contributed by atoms with E-state index in [1.807, 2.05) is 52.9 Å². The van der Waals surface area contributed by atoms with Crippen molar-refractivity contribution >= 4 is 80.3 Å². The topological polar surface area (TPSA) is 63.1 Å². The second-order valence-corrected chi connectivity index (χ2v) is 19.0. The molecule has 0 bridgehead atoms. The molecule has 0 unspecified atom stereocenters. The number of carbonyl (C=O) groups excluding carboxylic acids is 1. The normalized spacial score (nSPS) is 12.9. The van der Waals surface area contributed by atoms with E-state index in [0.717, 1.165) is 53.6 Å². The maximum atomic E-state index is 12.2. The van der Waals surface area contributed by atoms with E-state index in [4.69, 9.17) is 9.97 Å². The Balaban J connectivity index is 0.000000289. The van der Waals surface area contributed by atoms with E-state index < -0.39 is 0 Å². The third-order valence-electron chi connectivity index (χ3n) is 11.2. The average molecular weight is 932 g/mol. The maximum Gasteiger partial charge on any atom is 0.164 e. The van der Waals surface area contributed by atoms with E-state index >= 15 is 0 Å². The molecular weight excluding hydrogens is 877 g/mol. The van der Waals surface area contributed by atoms with E-state index in [2.05, 4.69) is 77.3 Å². The summed E-state index contributed by atoms with van der Waals surface area (Å²) in [7, 11) is 0. The summed E-state index contributed by atoms with van der Waals surface area (Å²) < 4.78 is 4.06. The molecule has 4 aromatic heterocycles. The van der Waals surface area contributed by atoms with Gasteiger partial charge in [-0.25, -0.2) is 4.98 Å². The SMILES string of the molecule is CCC(C)(CC)C(=O)/C=C(\O)C(C)(CC)CC.Cc1c(CC(C)C)sc2c1ccc1c2sc2ncnc(-c3[c-]c4ccsc4c(C(C)(C)C)c3)c21.[Ir]. The third-order valence-corrected chi connectivity index (χ3v) is 14.7. The standard InChI is InChI=1S/C29H27N2S3.C15H28O2.Ir/c1-15(2)11-22-16(3)19-7-8-20-23-24(30-14-31-28(23)34-27(20)26(19)33-22)18-12-17-9-10-32-25(17)21(13-18)29(4,5)6;1-7-14(5,8-2)12(16)11-13(17)15(6,9-3)10-4;/h7-10,13-15H,11H2,1-6H3;11,16H,7-10H2,1-6H3;/q-1;;/b;12-11-;. The molecule has 281 valence electrons. The molecule has 6 aromatic rings. The van der Waals surface area contributed by atoms with Crippen molar-refractivity contribution in [3.05, 3.63) is 69.9 Å². The van der Waals surface area contributed by atoms with Gasteiger partial charge in [-0.1, -0.05) is 99.4 Å². The molecule has 8 heteroatoms. The molecule has 4 heterocycles. The largest absolute Gasteiger partial charge is 0.512 e. The molecule has 0 aliphatic heterocycles. The number of aliphatic hydroxyl groups is 1. The number of rotatable bonds is 10. The fraction of sp³-hybridized carbons (Fsp3) is 0.477. The summed E-state index contributed by atoms with van der Waals surface area (Å²) in [6.45, 7) is 25.8. The summed E-state index contributed by atoms with van der Waals surface area (Å²) in [5, 5.41) is 17.3. The van der Waals surface area contributed by atoms with Crippen LogP contribution in [-0.2, 0) is 36.7 Å². The van der Waals surface area contributed by atoms with Gasteiger partial charge in [-0.05, 0) is 76.8 Å². The van der Waals surface area contributed by atoms with E-state index in [0.29, 0.717) is 5.92 Å². The summed E-state index contributed by atoms with van der Waals surface area (Å²) >= 11 is 5.57. The number of allylic oxidation sites excluding steroid dienone is 2. The number of aliphatic hydroxyl groups excluding tert-OH is 1. The van der Waals surface area contributed by atoms with Crippen LogP contribution in [0.1, 0.15) is 118 Å². The zero-order chi connectivity index (χ0) is 37.5. The van der Waals surface area contributed by atoms with Gasteiger partial charge >= 0.3 is 0 Å². The summed E-state index contributed by atoms with van der Waals surface area (Å²) in [5.41, 5.74) is 4.28. The number of aromatic nitrogens is 2. The Bertz CT molecular complexity index is 2220. The molecule has 6 rings (SSSR count). The Labute approximate surface area is 336 Å². The number of benzene rings is 2. The van der Waals surface area contributed by atoms with Gasteiger partial charge in [0, 0.05) is 53.0 Å². The summed E-state index contributed by atoms with van der Waals surface area (Å²) in [6.07, 6.45) is 7.61. The zero-order valence-electron chi connectivity index (χ0n) is 33.0. The molecular formula is C44H55IrN2O2S3-. The first-order chi connectivity index (χ1) is 24.0. The second kappa shape index (κ2) is 16.5. The number of hydrogen-bond donors (Lipinski definition) is 1. The average Bonchev–Trinajstić information content (AvgIpc) is 3.82. The van der Waals surface area contributed by atoms with Gasteiger partial charge in [0.05, 0.1) is 9.40 Å². The maximum absolute atomic E-state index is 12.2. The van der Waals surface area contributed by atoms with Gasteiger partial charge in [0.2, 0.25) is 0 Å². The van der Waals surface area contributed by atoms with Gasteiger partial charge in [-0.2, -0.15) is 11.3 Å². The Morgan fingerprint density at radius 3 is 2.10 bits per heavy atom. The number of aryl methyl sites for hydroxylation is 1. The van der Waals surface area contributed by atoms with Crippen molar-refractivity contribution in [3.8, 4) is 11.3 Å². The van der Waals surface area contributed by atoms with Crippen LogP contribution in [0.4, 0.5) is 0 Å². The number of hydrogen-bond acceptors (Lipinski definition) is 7. The van der Waals surface area contributed by atoms with Crippen LogP contribution in [0.25, 0.3) is 51.7 Å². The van der Waals surface area contributed by atoms with E-state index in [9.17, 15) is 9.90 Å². The monoisotopic (exact) mass is 932 g/mol. The number of carbonyl (C=O) groups is 1. The van der Waals surface area contributed by atoms with Crippen molar-refractivity contribution in [2.45, 2.75) is 121 Å². The second-order valence-electron chi connectivity index (χ2n) is 16.0. The number of fused-ring (bicyclic) bond motifs is 6. The zero-order valence-corrected chi connectivity index (χ0v) is 37.8. The van der Waals surface area contributed by atoms with Crippen LogP contribution in [0.5, 0.6) is 0 Å². The Hall–Kier alpha value is -2.48. The van der Waals surface area contributed by atoms with Crippen LogP contribution in [0.3, 0.4) is 0 Å². The molecule has 0 fully saturated rings. The molecule has 0 amide bonds. The molecule has 0 saturated heterocycles. The van der Waals surface area contributed by atoms with E-state index in [1.165, 1.54) is 52.3 Å². The molecule has 0 aliphatic rings. The van der Waals surface area contributed by atoms with Gasteiger partial charge in [-0.3, -0.25) is 9.78 Å². The first kappa shape index (κ1) is 42.3. The predicted octanol–water partition coefficient (Wildman–Crippen LogP) is 14.2. The minimum Gasteiger partial charge on any atom is -0.512 e. The van der Waals surface area contributed by atoms with E-state index in [1.54, 1.807) is 29.0 Å². The molecule has 52 heavy (non-hydrogen) atoms. The van der Waals surface area contributed by atoms with Gasteiger partial charge in [0.15, 0.2) is 5.78 Å². The van der Waals surface area contributed by atoms with Crippen molar-refractivity contribution in [1.29, 1.82) is 0 Å². The minimum absolute atomic E-state index is 0. The van der Waals surface area contributed by atoms with Crippen LogP contribution >= 0.6 is 34.0 Å². The molecule has 1 N–H and O–H groups in total. The Morgan fingerprint density at radius 1 is 0.885 bits per heavy atom. The molecule has 0 saturated carbocycles. The van der Waals surface area contributed by atoms with Crippen LogP contribution in [0.2, 0.25) is 0 Å². The Kier molecular flexibility index (Phi) is 13.4. The van der Waals surface area contributed by atoms with Crippen molar-refractivity contribution in [2.24, 2.45) is 16.7 Å². The van der Waals surface area contributed by atoms with Gasteiger partial charge < -0.3 is 5.11 Å². The summed E-state index contributed by atoms with van der Waals surface area (Å²) in [5.74, 6) is 0.940. The van der Waals surface area contributed by atoms with Crippen molar-refractivity contribution in [2.75, 3.05) is 0 Å². The molecule has 0 atom stereocenters. The predicted molar refractivity (Wildman–Crippen MR) is 225 cm³/mol. The van der Waals surface area contributed by atoms with Gasteiger partial charge in [-0.15, -0.1) is 46.3 Å². The summed E-state index contributed by atoms with van der Waals surface area (Å²) in [6, 6.07) is 12.8. The minimum atomic E-state index is -0.337. The first-order valence-corrected chi connectivity index (χ1v) is 21.0. The molecule has 0 spiro atoms. The van der Waals surface area contributed by atoms with Gasteiger partial charge in [0.25, 0.3) is 0 Å². The summed E-state index contributed by atoms with van der Waals surface area (Å²) in [4.78, 5) is 24.3. The van der Waals surface area contributed by atoms with Crippen LogP contribution in [-0.4, -0.2) is 20.9 Å². The smallest absolute Gasteiger partial charge is 0.164 e. The first-order valence-electron chi connectivity index (χ1n) is 18.5. The number of ketones is 1. The molecule has 0 aliphatic carbocycles. The molecule has 1 radical (unpaired) electrons. The van der Waals surface area contributed by atoms with Crippen LogP contribution in [0.15, 0.2) is 47.8 Å². The van der Waals surface area contributed by atoms with Crippen molar-refractivity contribution < 1.29 is 30.0 Å². The molecule has 2 aromatic carbocycles. The number of nitrogens with zero attached hydrogens (tertiary/aromatic N) is 2. The fourth-order valence-electron chi connectivity index (χ4n) is 6.54. The van der Waals surface area contributed by atoms with Crippen LogP contribution < -0.4 is 0 Å². The van der Waals surface area contributed by atoms with Crippen LogP contribution in [0, 0.1) is 29.7 Å². The fourth-order valence-corrected chi connectivity index (χ4v) is 10.4. The number of thiophene rings is 3. The quantitative estimate of drug-likeness (QED) is 0.0844.